The molecule has 0 aromatic heterocycles. The molecule has 0 radical (unpaired) electrons. The minimum absolute atomic E-state index is 0.0900. The van der Waals surface area contributed by atoms with E-state index in [9.17, 15) is 14.4 Å². The Labute approximate surface area is 320 Å². The second-order valence-electron chi connectivity index (χ2n) is 14.0. The Bertz CT molecular complexity index is 975. The van der Waals surface area contributed by atoms with Gasteiger partial charge in [0.15, 0.2) is 6.10 Å². The van der Waals surface area contributed by atoms with Crippen molar-refractivity contribution in [2.75, 3.05) is 13.2 Å². The van der Waals surface area contributed by atoms with E-state index >= 15 is 0 Å². The highest BCUT2D eigenvalue weighted by Crippen LogP contribution is 2.13. The van der Waals surface area contributed by atoms with Gasteiger partial charge in [0.25, 0.3) is 0 Å². The van der Waals surface area contributed by atoms with Crippen molar-refractivity contribution in [2.24, 2.45) is 0 Å². The van der Waals surface area contributed by atoms with Gasteiger partial charge in [0.2, 0.25) is 0 Å². The first-order valence-electron chi connectivity index (χ1n) is 21.3. The summed E-state index contributed by atoms with van der Waals surface area (Å²) in [6, 6.07) is 0. The van der Waals surface area contributed by atoms with E-state index in [-0.39, 0.29) is 31.1 Å². The van der Waals surface area contributed by atoms with Gasteiger partial charge in [0, 0.05) is 19.3 Å². The van der Waals surface area contributed by atoms with Gasteiger partial charge in [-0.2, -0.15) is 0 Å². The van der Waals surface area contributed by atoms with E-state index in [1.807, 2.05) is 36.5 Å². The van der Waals surface area contributed by atoms with Gasteiger partial charge in [0.1, 0.15) is 13.2 Å². The Morgan fingerprint density at radius 1 is 0.404 bits per heavy atom. The van der Waals surface area contributed by atoms with Crippen LogP contribution in [0.25, 0.3) is 0 Å². The van der Waals surface area contributed by atoms with Crippen molar-refractivity contribution in [3.05, 3.63) is 60.8 Å². The molecule has 1 unspecified atom stereocenters. The van der Waals surface area contributed by atoms with Crippen LogP contribution in [0.3, 0.4) is 0 Å². The number of ether oxygens (including phenoxy) is 3. The largest absolute Gasteiger partial charge is 0.462 e. The van der Waals surface area contributed by atoms with Gasteiger partial charge in [-0.25, -0.2) is 0 Å². The zero-order valence-electron chi connectivity index (χ0n) is 33.8. The smallest absolute Gasteiger partial charge is 0.306 e. The van der Waals surface area contributed by atoms with Crippen LogP contribution in [0.2, 0.25) is 0 Å². The summed E-state index contributed by atoms with van der Waals surface area (Å²) < 4.78 is 16.6. The van der Waals surface area contributed by atoms with Crippen LogP contribution < -0.4 is 0 Å². The van der Waals surface area contributed by atoms with Gasteiger partial charge in [-0.3, -0.25) is 14.4 Å². The minimum Gasteiger partial charge on any atom is -0.462 e. The van der Waals surface area contributed by atoms with E-state index in [2.05, 4.69) is 45.1 Å². The lowest BCUT2D eigenvalue weighted by atomic mass is 10.1. The topological polar surface area (TPSA) is 78.9 Å². The monoisotopic (exact) mass is 727 g/mol. The van der Waals surface area contributed by atoms with Crippen molar-refractivity contribution in [3.63, 3.8) is 0 Å². The van der Waals surface area contributed by atoms with Gasteiger partial charge in [-0.05, 0) is 64.2 Å². The van der Waals surface area contributed by atoms with Gasteiger partial charge in [-0.15, -0.1) is 0 Å². The molecule has 0 aliphatic carbocycles. The molecule has 6 heteroatoms. The molecule has 0 amide bonds. The van der Waals surface area contributed by atoms with E-state index in [1.54, 1.807) is 0 Å². The third kappa shape index (κ3) is 38.3. The average Bonchev–Trinajstić information content (AvgIpc) is 3.14. The van der Waals surface area contributed by atoms with Crippen LogP contribution in [0.15, 0.2) is 60.8 Å². The first-order chi connectivity index (χ1) is 25.5. The molecule has 0 aromatic carbocycles. The molecule has 0 spiro atoms. The molecule has 298 valence electrons. The lowest BCUT2D eigenvalue weighted by molar-refractivity contribution is -0.167. The van der Waals surface area contributed by atoms with Crippen LogP contribution in [0.4, 0.5) is 0 Å². The van der Waals surface area contributed by atoms with Crippen LogP contribution in [0.5, 0.6) is 0 Å². The first-order valence-corrected chi connectivity index (χ1v) is 21.3. The number of hydrogen-bond donors (Lipinski definition) is 0. The number of carbonyl (C=O) groups is 3. The van der Waals surface area contributed by atoms with Crippen LogP contribution in [0.1, 0.15) is 194 Å². The van der Waals surface area contributed by atoms with Crippen molar-refractivity contribution in [1.29, 1.82) is 0 Å². The van der Waals surface area contributed by atoms with Crippen molar-refractivity contribution < 1.29 is 28.6 Å². The SMILES string of the molecule is CC\C=C/C=C\C=C/C=C\CCCCCC(=O)OCC(COC(=O)CCCCCCCCCCC)OC(=O)CCCCCCC/C=C\CCCCC. The third-order valence-electron chi connectivity index (χ3n) is 8.85. The van der Waals surface area contributed by atoms with Crippen molar-refractivity contribution in [2.45, 2.75) is 200 Å². The second-order valence-corrected chi connectivity index (χ2v) is 14.0. The zero-order valence-corrected chi connectivity index (χ0v) is 33.8. The molecule has 6 nitrogen and oxygen atoms in total. The summed E-state index contributed by atoms with van der Waals surface area (Å²) in [7, 11) is 0. The van der Waals surface area contributed by atoms with Gasteiger partial charge in [0.05, 0.1) is 0 Å². The molecular weight excluding hydrogens is 648 g/mol. The fourth-order valence-electron chi connectivity index (χ4n) is 5.62. The second kappa shape index (κ2) is 40.9. The average molecular weight is 727 g/mol. The summed E-state index contributed by atoms with van der Waals surface area (Å²) in [5, 5.41) is 0. The lowest BCUT2D eigenvalue weighted by Gasteiger charge is -2.18. The van der Waals surface area contributed by atoms with Crippen LogP contribution in [0, 0.1) is 0 Å². The molecule has 0 aliphatic heterocycles. The Kier molecular flexibility index (Phi) is 38.6. The van der Waals surface area contributed by atoms with Crippen molar-refractivity contribution in [3.8, 4) is 0 Å². The molecule has 0 saturated carbocycles. The molecule has 0 saturated heterocycles. The number of esters is 3. The maximum Gasteiger partial charge on any atom is 0.306 e. The van der Waals surface area contributed by atoms with Crippen LogP contribution in [-0.4, -0.2) is 37.2 Å². The highest BCUT2D eigenvalue weighted by Gasteiger charge is 2.19. The van der Waals surface area contributed by atoms with Gasteiger partial charge in [-0.1, -0.05) is 171 Å². The fraction of sp³-hybridized carbons (Fsp3) is 0.717. The molecule has 0 aromatic rings. The molecule has 0 N–H and O–H groups in total. The van der Waals surface area contributed by atoms with Crippen molar-refractivity contribution >= 4 is 17.9 Å². The third-order valence-corrected chi connectivity index (χ3v) is 8.85. The Balaban J connectivity index is 4.46. The number of hydrogen-bond acceptors (Lipinski definition) is 6. The summed E-state index contributed by atoms with van der Waals surface area (Å²) in [5.41, 5.74) is 0. The number of rotatable bonds is 37. The van der Waals surface area contributed by atoms with Gasteiger partial charge < -0.3 is 14.2 Å². The normalized spacial score (nSPS) is 12.6. The standard InChI is InChI=1S/C46H78O6/c1-4-7-10-13-16-19-21-23-25-27-30-33-36-39-45(48)51-42-43(41-50-44(47)38-35-32-29-26-18-15-12-9-6-3)52-46(49)40-37-34-31-28-24-22-20-17-14-11-8-5-2/h7,10,13,16-17,19-21,23,25,43H,4-6,8-9,11-12,14-15,18,22,24,26-42H2,1-3H3/b10-7-,16-13-,20-17-,21-19-,25-23-. The van der Waals surface area contributed by atoms with Crippen molar-refractivity contribution in [1.82, 2.24) is 0 Å². The van der Waals surface area contributed by atoms with E-state index in [4.69, 9.17) is 14.2 Å². The Morgan fingerprint density at radius 2 is 0.769 bits per heavy atom. The molecule has 52 heavy (non-hydrogen) atoms. The fourth-order valence-corrected chi connectivity index (χ4v) is 5.62. The van der Waals surface area contributed by atoms with Gasteiger partial charge >= 0.3 is 17.9 Å². The maximum absolute atomic E-state index is 12.7. The zero-order chi connectivity index (χ0) is 38.0. The summed E-state index contributed by atoms with van der Waals surface area (Å²) in [4.78, 5) is 37.6. The highest BCUT2D eigenvalue weighted by atomic mass is 16.6. The quantitative estimate of drug-likeness (QED) is 0.0208. The van der Waals surface area contributed by atoms with E-state index in [1.165, 1.54) is 70.6 Å². The van der Waals surface area contributed by atoms with E-state index in [0.717, 1.165) is 83.5 Å². The summed E-state index contributed by atoms with van der Waals surface area (Å²) in [5.74, 6) is -0.949. The van der Waals surface area contributed by atoms with Crippen LogP contribution >= 0.6 is 0 Å². The first kappa shape index (κ1) is 49.1. The molecule has 0 aliphatic rings. The summed E-state index contributed by atoms with van der Waals surface area (Å²) >= 11 is 0. The Morgan fingerprint density at radius 3 is 1.29 bits per heavy atom. The lowest BCUT2D eigenvalue weighted by Crippen LogP contribution is -2.30. The molecule has 1 atom stereocenters. The number of carbonyl (C=O) groups excluding carboxylic acids is 3. The summed E-state index contributed by atoms with van der Waals surface area (Å²) in [6.07, 6.45) is 47.7. The summed E-state index contributed by atoms with van der Waals surface area (Å²) in [6.45, 7) is 6.38. The number of allylic oxidation sites excluding steroid dienone is 10. The van der Waals surface area contributed by atoms with Crippen LogP contribution in [-0.2, 0) is 28.6 Å². The molecule has 0 heterocycles. The Hall–Kier alpha value is -2.89. The minimum atomic E-state index is -0.789. The molecule has 0 fully saturated rings. The predicted molar refractivity (Wildman–Crippen MR) is 219 cm³/mol. The number of unbranched alkanes of at least 4 members (excludes halogenated alkanes) is 19. The maximum atomic E-state index is 12.7. The highest BCUT2D eigenvalue weighted by molar-refractivity contribution is 5.71. The van der Waals surface area contributed by atoms with E-state index in [0.29, 0.717) is 19.3 Å². The predicted octanol–water partition coefficient (Wildman–Crippen LogP) is 13.4. The molecular formula is C46H78O6. The van der Waals surface area contributed by atoms with E-state index < -0.39 is 6.10 Å². The molecule has 0 bridgehead atoms. The molecule has 0 rings (SSSR count).